The Hall–Kier alpha value is -3.65. The van der Waals surface area contributed by atoms with E-state index in [0.29, 0.717) is 16.9 Å². The summed E-state index contributed by atoms with van der Waals surface area (Å²) in [4.78, 5) is 12.7. The topological polar surface area (TPSA) is 26.3 Å². The van der Waals surface area contributed by atoms with Gasteiger partial charge in [-0.3, -0.25) is 4.79 Å². The van der Waals surface area contributed by atoms with Crippen molar-refractivity contribution in [3.8, 4) is 22.6 Å². The van der Waals surface area contributed by atoms with E-state index in [0.717, 1.165) is 24.2 Å². The molecule has 0 spiro atoms. The van der Waals surface area contributed by atoms with Crippen LogP contribution in [0.1, 0.15) is 40.4 Å². The maximum Gasteiger partial charge on any atom is 0.193 e. The lowest BCUT2D eigenvalue weighted by molar-refractivity contribution is 0.103. The van der Waals surface area contributed by atoms with Crippen LogP contribution in [0, 0.1) is 6.92 Å². The average Bonchev–Trinajstić information content (AvgIpc) is 2.81. The summed E-state index contributed by atoms with van der Waals surface area (Å²) in [7, 11) is 0. The van der Waals surface area contributed by atoms with Gasteiger partial charge < -0.3 is 4.74 Å². The van der Waals surface area contributed by atoms with E-state index in [1.54, 1.807) is 0 Å². The van der Waals surface area contributed by atoms with Crippen LogP contribution in [0.5, 0.6) is 11.5 Å². The second kappa shape index (κ2) is 9.44. The quantitative estimate of drug-likeness (QED) is 0.295. The van der Waals surface area contributed by atoms with Gasteiger partial charge in [0.05, 0.1) is 0 Å². The lowest BCUT2D eigenvalue weighted by atomic mass is 10.0. The highest BCUT2D eigenvalue weighted by molar-refractivity contribution is 6.09. The van der Waals surface area contributed by atoms with Gasteiger partial charge in [0.1, 0.15) is 11.5 Å². The Morgan fingerprint density at radius 3 is 1.61 bits per heavy atom. The SMILES string of the molecule is CCCc1ccc(C(=O)c2ccc(Oc3ccc(-c4ccc(C)cc4)cc3)cc2)cc1. The highest BCUT2D eigenvalue weighted by Gasteiger charge is 2.09. The zero-order chi connectivity index (χ0) is 21.6. The number of rotatable bonds is 7. The van der Waals surface area contributed by atoms with Crippen LogP contribution in [0.4, 0.5) is 0 Å². The summed E-state index contributed by atoms with van der Waals surface area (Å²) in [5.74, 6) is 1.50. The first-order valence-corrected chi connectivity index (χ1v) is 10.7. The van der Waals surface area contributed by atoms with Crippen molar-refractivity contribution in [2.24, 2.45) is 0 Å². The fraction of sp³-hybridized carbons (Fsp3) is 0.138. The molecule has 154 valence electrons. The molecule has 0 amide bonds. The maximum atomic E-state index is 12.7. The Morgan fingerprint density at radius 1 is 0.645 bits per heavy atom. The Balaban J connectivity index is 1.42. The standard InChI is InChI=1S/C29H26O2/c1-3-4-22-7-11-25(12-8-22)29(30)26-15-19-28(20-16-26)31-27-17-13-24(14-18-27)23-9-5-21(2)6-10-23/h5-20H,3-4H2,1-2H3. The fourth-order valence-corrected chi connectivity index (χ4v) is 3.55. The zero-order valence-electron chi connectivity index (χ0n) is 18.0. The monoisotopic (exact) mass is 406 g/mol. The first-order chi connectivity index (χ1) is 15.1. The van der Waals surface area contributed by atoms with Crippen molar-refractivity contribution in [2.75, 3.05) is 0 Å². The lowest BCUT2D eigenvalue weighted by Crippen LogP contribution is -2.01. The third-order valence-electron chi connectivity index (χ3n) is 5.35. The van der Waals surface area contributed by atoms with Crippen molar-refractivity contribution >= 4 is 5.78 Å². The van der Waals surface area contributed by atoms with Crippen molar-refractivity contribution in [1.29, 1.82) is 0 Å². The zero-order valence-corrected chi connectivity index (χ0v) is 18.0. The molecule has 0 heterocycles. The predicted octanol–water partition coefficient (Wildman–Crippen LogP) is 7.64. The molecule has 0 atom stereocenters. The molecular formula is C29H26O2. The van der Waals surface area contributed by atoms with Crippen molar-refractivity contribution in [1.82, 2.24) is 0 Å². The number of ketones is 1. The molecule has 4 rings (SSSR count). The molecule has 0 radical (unpaired) electrons. The van der Waals surface area contributed by atoms with E-state index in [4.69, 9.17) is 4.74 Å². The van der Waals surface area contributed by atoms with Gasteiger partial charge in [-0.25, -0.2) is 0 Å². The largest absolute Gasteiger partial charge is 0.457 e. The van der Waals surface area contributed by atoms with Crippen molar-refractivity contribution in [2.45, 2.75) is 26.7 Å². The minimum Gasteiger partial charge on any atom is -0.457 e. The number of benzene rings is 4. The molecule has 4 aromatic rings. The summed E-state index contributed by atoms with van der Waals surface area (Å²) in [6.07, 6.45) is 2.13. The van der Waals surface area contributed by atoms with Crippen molar-refractivity contribution in [3.05, 3.63) is 119 Å². The van der Waals surface area contributed by atoms with Gasteiger partial charge in [-0.1, -0.05) is 79.6 Å². The molecule has 0 aromatic heterocycles. The van der Waals surface area contributed by atoms with Gasteiger partial charge in [0, 0.05) is 11.1 Å². The minimum absolute atomic E-state index is 0.0250. The Bertz CT molecular complexity index is 1140. The molecule has 4 aromatic carbocycles. The predicted molar refractivity (Wildman–Crippen MR) is 127 cm³/mol. The van der Waals surface area contributed by atoms with E-state index in [2.05, 4.69) is 50.2 Å². The van der Waals surface area contributed by atoms with E-state index >= 15 is 0 Å². The number of aryl methyl sites for hydroxylation is 2. The summed E-state index contributed by atoms with van der Waals surface area (Å²) in [6, 6.07) is 31.7. The van der Waals surface area contributed by atoms with Gasteiger partial charge in [0.25, 0.3) is 0 Å². The van der Waals surface area contributed by atoms with Crippen LogP contribution in [0.2, 0.25) is 0 Å². The molecular weight excluding hydrogens is 380 g/mol. The molecule has 0 aliphatic heterocycles. The second-order valence-corrected chi connectivity index (χ2v) is 7.79. The van der Waals surface area contributed by atoms with Crippen LogP contribution in [0.3, 0.4) is 0 Å². The summed E-state index contributed by atoms with van der Waals surface area (Å²) >= 11 is 0. The third kappa shape index (κ3) is 5.10. The normalized spacial score (nSPS) is 10.6. The summed E-state index contributed by atoms with van der Waals surface area (Å²) < 4.78 is 5.96. The number of ether oxygens (including phenoxy) is 1. The molecule has 0 aliphatic carbocycles. The van der Waals surface area contributed by atoms with Gasteiger partial charge in [0.2, 0.25) is 0 Å². The lowest BCUT2D eigenvalue weighted by Gasteiger charge is -2.08. The number of carbonyl (C=O) groups is 1. The van der Waals surface area contributed by atoms with Crippen LogP contribution < -0.4 is 4.74 Å². The summed E-state index contributed by atoms with van der Waals surface area (Å²) in [5.41, 5.74) is 6.21. The van der Waals surface area contributed by atoms with Gasteiger partial charge in [-0.15, -0.1) is 0 Å². The highest BCUT2D eigenvalue weighted by Crippen LogP contribution is 2.26. The first-order valence-electron chi connectivity index (χ1n) is 10.7. The molecule has 0 N–H and O–H groups in total. The smallest absolute Gasteiger partial charge is 0.193 e. The second-order valence-electron chi connectivity index (χ2n) is 7.79. The van der Waals surface area contributed by atoms with Crippen LogP contribution in [0.25, 0.3) is 11.1 Å². The van der Waals surface area contributed by atoms with E-state index < -0.39 is 0 Å². The summed E-state index contributed by atoms with van der Waals surface area (Å²) in [6.45, 7) is 4.24. The van der Waals surface area contributed by atoms with E-state index in [9.17, 15) is 4.79 Å². The van der Waals surface area contributed by atoms with Gasteiger partial charge in [-0.05, 0) is 66.4 Å². The van der Waals surface area contributed by atoms with Crippen molar-refractivity contribution < 1.29 is 9.53 Å². The molecule has 0 saturated heterocycles. The molecule has 31 heavy (non-hydrogen) atoms. The molecule has 0 bridgehead atoms. The number of carbonyl (C=O) groups excluding carboxylic acids is 1. The fourth-order valence-electron chi connectivity index (χ4n) is 3.55. The van der Waals surface area contributed by atoms with Gasteiger partial charge >= 0.3 is 0 Å². The Kier molecular flexibility index (Phi) is 6.28. The van der Waals surface area contributed by atoms with E-state index in [1.807, 2.05) is 60.7 Å². The van der Waals surface area contributed by atoms with Crippen LogP contribution in [0.15, 0.2) is 97.1 Å². The van der Waals surface area contributed by atoms with Crippen LogP contribution in [-0.2, 0) is 6.42 Å². The Morgan fingerprint density at radius 2 is 1.10 bits per heavy atom. The van der Waals surface area contributed by atoms with Gasteiger partial charge in [0.15, 0.2) is 5.78 Å². The third-order valence-corrected chi connectivity index (χ3v) is 5.35. The van der Waals surface area contributed by atoms with E-state index in [1.165, 1.54) is 16.7 Å². The molecule has 0 saturated carbocycles. The molecule has 2 nitrogen and oxygen atoms in total. The highest BCUT2D eigenvalue weighted by atomic mass is 16.5. The van der Waals surface area contributed by atoms with Crippen molar-refractivity contribution in [3.63, 3.8) is 0 Å². The van der Waals surface area contributed by atoms with Crippen LogP contribution in [-0.4, -0.2) is 5.78 Å². The molecule has 0 unspecified atom stereocenters. The summed E-state index contributed by atoms with van der Waals surface area (Å²) in [5, 5.41) is 0. The molecule has 2 heteroatoms. The number of hydrogen-bond donors (Lipinski definition) is 0. The Labute approximate surface area is 184 Å². The number of hydrogen-bond acceptors (Lipinski definition) is 2. The molecule has 0 aliphatic rings. The van der Waals surface area contributed by atoms with Gasteiger partial charge in [-0.2, -0.15) is 0 Å². The minimum atomic E-state index is 0.0250. The van der Waals surface area contributed by atoms with Crippen LogP contribution >= 0.6 is 0 Å². The first kappa shape index (κ1) is 20.6. The maximum absolute atomic E-state index is 12.7. The molecule has 0 fully saturated rings. The average molecular weight is 407 g/mol. The van der Waals surface area contributed by atoms with E-state index in [-0.39, 0.29) is 5.78 Å².